The van der Waals surface area contributed by atoms with E-state index in [1.165, 1.54) is 6.42 Å². The van der Waals surface area contributed by atoms with Crippen molar-refractivity contribution in [2.45, 2.75) is 32.7 Å². The Morgan fingerprint density at radius 2 is 2.33 bits per heavy atom. The first-order chi connectivity index (χ1) is 4.31. The van der Waals surface area contributed by atoms with Crippen molar-refractivity contribution in [3.05, 3.63) is 12.7 Å². The first kappa shape index (κ1) is 8.70. The molecule has 1 nitrogen and oxygen atoms in total. The second-order valence-corrected chi connectivity index (χ2v) is 2.38. The van der Waals surface area contributed by atoms with Gasteiger partial charge in [0.25, 0.3) is 0 Å². The van der Waals surface area contributed by atoms with Gasteiger partial charge in [-0.1, -0.05) is 13.0 Å². The smallest absolute Gasteiger partial charge is 0.00731 e. The molecular weight excluding hydrogens is 110 g/mol. The third-order valence-corrected chi connectivity index (χ3v) is 1.26. The van der Waals surface area contributed by atoms with Gasteiger partial charge < -0.3 is 5.32 Å². The highest BCUT2D eigenvalue weighted by Gasteiger charge is 1.93. The molecule has 0 aliphatic rings. The van der Waals surface area contributed by atoms with Crippen LogP contribution in [0.2, 0.25) is 0 Å². The van der Waals surface area contributed by atoms with Gasteiger partial charge in [-0.3, -0.25) is 0 Å². The average Bonchev–Trinajstić information content (AvgIpc) is 1.85. The molecule has 0 aromatic rings. The van der Waals surface area contributed by atoms with Crippen LogP contribution in [0.15, 0.2) is 12.7 Å². The SMILES string of the molecule is C=CCC(C)NCCC. The van der Waals surface area contributed by atoms with Crippen LogP contribution >= 0.6 is 0 Å². The van der Waals surface area contributed by atoms with E-state index in [2.05, 4.69) is 25.7 Å². The molecule has 0 aromatic heterocycles. The lowest BCUT2D eigenvalue weighted by molar-refractivity contribution is 0.551. The summed E-state index contributed by atoms with van der Waals surface area (Å²) >= 11 is 0. The molecule has 0 aliphatic carbocycles. The average molecular weight is 127 g/mol. The van der Waals surface area contributed by atoms with Gasteiger partial charge in [-0.25, -0.2) is 0 Å². The van der Waals surface area contributed by atoms with Gasteiger partial charge in [-0.15, -0.1) is 6.58 Å². The Balaban J connectivity index is 3.04. The largest absolute Gasteiger partial charge is 0.314 e. The molecule has 0 aliphatic heterocycles. The van der Waals surface area contributed by atoms with Crippen molar-refractivity contribution in [1.29, 1.82) is 0 Å². The van der Waals surface area contributed by atoms with E-state index < -0.39 is 0 Å². The highest BCUT2D eigenvalue weighted by molar-refractivity contribution is 4.73. The Labute approximate surface area is 58.2 Å². The van der Waals surface area contributed by atoms with Crippen LogP contribution in [0.25, 0.3) is 0 Å². The van der Waals surface area contributed by atoms with E-state index in [-0.39, 0.29) is 0 Å². The number of hydrogen-bond acceptors (Lipinski definition) is 1. The summed E-state index contributed by atoms with van der Waals surface area (Å²) in [5.74, 6) is 0. The van der Waals surface area contributed by atoms with Crippen molar-refractivity contribution in [3.63, 3.8) is 0 Å². The molecule has 1 atom stereocenters. The minimum Gasteiger partial charge on any atom is -0.314 e. The van der Waals surface area contributed by atoms with Gasteiger partial charge in [0.1, 0.15) is 0 Å². The molecule has 1 heteroatoms. The monoisotopic (exact) mass is 127 g/mol. The van der Waals surface area contributed by atoms with E-state index in [0.29, 0.717) is 6.04 Å². The fourth-order valence-electron chi connectivity index (χ4n) is 0.724. The maximum Gasteiger partial charge on any atom is 0.00731 e. The molecular formula is C8H17N. The minimum absolute atomic E-state index is 0.599. The number of hydrogen-bond donors (Lipinski definition) is 1. The standard InChI is InChI=1S/C8H17N/c1-4-6-8(3)9-7-5-2/h4,8-9H,1,5-7H2,2-3H3. The minimum atomic E-state index is 0.599. The Morgan fingerprint density at radius 3 is 2.78 bits per heavy atom. The maximum atomic E-state index is 3.67. The summed E-state index contributed by atoms with van der Waals surface area (Å²) < 4.78 is 0. The summed E-state index contributed by atoms with van der Waals surface area (Å²) in [5, 5.41) is 3.36. The van der Waals surface area contributed by atoms with E-state index in [1.807, 2.05) is 6.08 Å². The van der Waals surface area contributed by atoms with Crippen molar-refractivity contribution in [1.82, 2.24) is 5.32 Å². The zero-order chi connectivity index (χ0) is 7.11. The van der Waals surface area contributed by atoms with E-state index in [4.69, 9.17) is 0 Å². The summed E-state index contributed by atoms with van der Waals surface area (Å²) in [6.45, 7) is 9.14. The lowest BCUT2D eigenvalue weighted by Gasteiger charge is -2.08. The zero-order valence-corrected chi connectivity index (χ0v) is 6.48. The maximum absolute atomic E-state index is 3.67. The second kappa shape index (κ2) is 5.83. The Kier molecular flexibility index (Phi) is 5.64. The lowest BCUT2D eigenvalue weighted by Crippen LogP contribution is -2.25. The fraction of sp³-hybridized carbons (Fsp3) is 0.750. The van der Waals surface area contributed by atoms with Crippen molar-refractivity contribution in [2.75, 3.05) is 6.54 Å². The van der Waals surface area contributed by atoms with Gasteiger partial charge in [0.05, 0.1) is 0 Å². The van der Waals surface area contributed by atoms with Crippen LogP contribution in [0.4, 0.5) is 0 Å². The van der Waals surface area contributed by atoms with E-state index >= 15 is 0 Å². The van der Waals surface area contributed by atoms with Gasteiger partial charge in [0.2, 0.25) is 0 Å². The van der Waals surface area contributed by atoms with Crippen LogP contribution < -0.4 is 5.32 Å². The molecule has 0 bridgehead atoms. The predicted molar refractivity (Wildman–Crippen MR) is 42.6 cm³/mol. The summed E-state index contributed by atoms with van der Waals surface area (Å²) in [5.41, 5.74) is 0. The topological polar surface area (TPSA) is 12.0 Å². The van der Waals surface area contributed by atoms with Gasteiger partial charge in [-0.2, -0.15) is 0 Å². The Morgan fingerprint density at radius 1 is 1.67 bits per heavy atom. The van der Waals surface area contributed by atoms with Crippen LogP contribution in [-0.2, 0) is 0 Å². The third-order valence-electron chi connectivity index (χ3n) is 1.26. The van der Waals surface area contributed by atoms with Gasteiger partial charge in [0, 0.05) is 6.04 Å². The van der Waals surface area contributed by atoms with Crippen LogP contribution in [0, 0.1) is 0 Å². The molecule has 1 unspecified atom stereocenters. The van der Waals surface area contributed by atoms with Crippen LogP contribution in [0.3, 0.4) is 0 Å². The van der Waals surface area contributed by atoms with Gasteiger partial charge in [0.15, 0.2) is 0 Å². The van der Waals surface area contributed by atoms with Crippen molar-refractivity contribution < 1.29 is 0 Å². The van der Waals surface area contributed by atoms with E-state index in [0.717, 1.165) is 13.0 Å². The molecule has 0 saturated heterocycles. The third kappa shape index (κ3) is 5.57. The van der Waals surface area contributed by atoms with Crippen molar-refractivity contribution in [3.8, 4) is 0 Å². The van der Waals surface area contributed by atoms with Crippen LogP contribution in [-0.4, -0.2) is 12.6 Å². The quantitative estimate of drug-likeness (QED) is 0.557. The highest BCUT2D eigenvalue weighted by Crippen LogP contribution is 1.89. The molecule has 9 heavy (non-hydrogen) atoms. The van der Waals surface area contributed by atoms with Gasteiger partial charge in [-0.05, 0) is 26.3 Å². The molecule has 0 spiro atoms. The van der Waals surface area contributed by atoms with Crippen molar-refractivity contribution in [2.24, 2.45) is 0 Å². The summed E-state index contributed by atoms with van der Waals surface area (Å²) in [6.07, 6.45) is 4.23. The summed E-state index contributed by atoms with van der Waals surface area (Å²) in [6, 6.07) is 0.599. The molecule has 0 amide bonds. The molecule has 0 rings (SSSR count). The molecule has 0 fully saturated rings. The molecule has 0 heterocycles. The first-order valence-corrected chi connectivity index (χ1v) is 3.65. The molecule has 0 aromatic carbocycles. The molecule has 54 valence electrons. The zero-order valence-electron chi connectivity index (χ0n) is 6.48. The Bertz CT molecular complexity index is 69.0. The fourth-order valence-corrected chi connectivity index (χ4v) is 0.724. The predicted octanol–water partition coefficient (Wildman–Crippen LogP) is 1.95. The first-order valence-electron chi connectivity index (χ1n) is 3.65. The normalized spacial score (nSPS) is 13.1. The lowest BCUT2D eigenvalue weighted by atomic mass is 10.2. The summed E-state index contributed by atoms with van der Waals surface area (Å²) in [4.78, 5) is 0. The van der Waals surface area contributed by atoms with E-state index in [1.54, 1.807) is 0 Å². The van der Waals surface area contributed by atoms with E-state index in [9.17, 15) is 0 Å². The number of rotatable bonds is 5. The Hall–Kier alpha value is -0.300. The highest BCUT2D eigenvalue weighted by atomic mass is 14.9. The second-order valence-electron chi connectivity index (χ2n) is 2.38. The molecule has 0 radical (unpaired) electrons. The number of nitrogens with one attached hydrogen (secondary N) is 1. The van der Waals surface area contributed by atoms with Crippen LogP contribution in [0.5, 0.6) is 0 Å². The molecule has 1 N–H and O–H groups in total. The molecule has 0 saturated carbocycles. The summed E-state index contributed by atoms with van der Waals surface area (Å²) in [7, 11) is 0. The van der Waals surface area contributed by atoms with Crippen molar-refractivity contribution >= 4 is 0 Å². The van der Waals surface area contributed by atoms with Gasteiger partial charge >= 0.3 is 0 Å². The van der Waals surface area contributed by atoms with Crippen LogP contribution in [0.1, 0.15) is 26.7 Å².